The van der Waals surface area contributed by atoms with Gasteiger partial charge < -0.3 is 0 Å². The van der Waals surface area contributed by atoms with Crippen molar-refractivity contribution < 1.29 is 0 Å². The van der Waals surface area contributed by atoms with Gasteiger partial charge in [0.15, 0.2) is 0 Å². The fraction of sp³-hybridized carbons (Fsp3) is 0.829. The lowest BCUT2D eigenvalue weighted by molar-refractivity contribution is 0.140. The second kappa shape index (κ2) is 14.8. The third-order valence-corrected chi connectivity index (χ3v) is 10.8. The summed E-state index contributed by atoms with van der Waals surface area (Å²) in [5.74, 6) is 6.06. The van der Waals surface area contributed by atoms with Crippen molar-refractivity contribution in [1.29, 1.82) is 0 Å². The van der Waals surface area contributed by atoms with Crippen molar-refractivity contribution in [3.8, 4) is 0 Å². The molecule has 0 aliphatic heterocycles. The number of hydrogen-bond donors (Lipinski definition) is 0. The Bertz CT molecular complexity index is 662. The van der Waals surface area contributed by atoms with E-state index in [-0.39, 0.29) is 0 Å². The third-order valence-electron chi connectivity index (χ3n) is 10.8. The summed E-state index contributed by atoms with van der Waals surface area (Å²) in [6, 6.07) is 9.91. The van der Waals surface area contributed by atoms with Crippen molar-refractivity contribution >= 4 is 0 Å². The first-order chi connectivity index (χ1) is 17.2. The Morgan fingerprint density at radius 3 is 1.63 bits per heavy atom. The van der Waals surface area contributed by atoms with Gasteiger partial charge in [-0.1, -0.05) is 109 Å². The van der Waals surface area contributed by atoms with Crippen LogP contribution in [0.1, 0.15) is 159 Å². The fourth-order valence-corrected chi connectivity index (χ4v) is 8.28. The Labute approximate surface area is 219 Å². The van der Waals surface area contributed by atoms with E-state index in [4.69, 9.17) is 0 Å². The Balaban J connectivity index is 1.10. The van der Waals surface area contributed by atoms with Crippen LogP contribution in [0.15, 0.2) is 24.3 Å². The van der Waals surface area contributed by atoms with Crippen LogP contribution < -0.4 is 0 Å². The van der Waals surface area contributed by atoms with Crippen LogP contribution in [0, 0.1) is 29.6 Å². The molecular weight excluding hydrogens is 420 g/mol. The fourth-order valence-electron chi connectivity index (χ4n) is 8.28. The average Bonchev–Trinajstić information content (AvgIpc) is 2.92. The number of unbranched alkanes of at least 4 members (excludes halogenated alkanes) is 3. The van der Waals surface area contributed by atoms with Crippen molar-refractivity contribution in [2.75, 3.05) is 0 Å². The summed E-state index contributed by atoms with van der Waals surface area (Å²) in [6.45, 7) is 4.68. The van der Waals surface area contributed by atoms with Gasteiger partial charge in [-0.25, -0.2) is 0 Å². The highest BCUT2D eigenvalue weighted by atomic mass is 14.4. The van der Waals surface area contributed by atoms with E-state index >= 15 is 0 Å². The Hall–Kier alpha value is -0.780. The highest BCUT2D eigenvalue weighted by molar-refractivity contribution is 5.26. The minimum absolute atomic E-state index is 0.837. The van der Waals surface area contributed by atoms with Gasteiger partial charge in [0.1, 0.15) is 0 Å². The number of benzene rings is 1. The summed E-state index contributed by atoms with van der Waals surface area (Å²) in [5, 5.41) is 0. The molecule has 0 heteroatoms. The SMILES string of the molecule is CCCCCCC1CCC(C2CCC(CCc3ccc(C4CCC(CCC)CC4)cc3)CC2)CC1. The van der Waals surface area contributed by atoms with E-state index in [2.05, 4.69) is 38.1 Å². The van der Waals surface area contributed by atoms with E-state index in [1.807, 2.05) is 0 Å². The molecule has 3 fully saturated rings. The minimum Gasteiger partial charge on any atom is -0.0654 e. The van der Waals surface area contributed by atoms with Gasteiger partial charge in [-0.05, 0) is 111 Å². The Morgan fingerprint density at radius 1 is 0.514 bits per heavy atom. The van der Waals surface area contributed by atoms with Gasteiger partial charge in [-0.2, -0.15) is 0 Å². The van der Waals surface area contributed by atoms with E-state index in [1.165, 1.54) is 109 Å². The molecule has 0 spiro atoms. The molecule has 1 aromatic carbocycles. The van der Waals surface area contributed by atoms with Crippen LogP contribution >= 0.6 is 0 Å². The molecule has 35 heavy (non-hydrogen) atoms. The second-order valence-electron chi connectivity index (χ2n) is 13.2. The third kappa shape index (κ3) is 8.64. The molecule has 0 atom stereocenters. The number of aryl methyl sites for hydroxylation is 1. The van der Waals surface area contributed by atoms with E-state index in [0.29, 0.717) is 0 Å². The molecule has 3 aliphatic carbocycles. The van der Waals surface area contributed by atoms with Crippen molar-refractivity contribution in [1.82, 2.24) is 0 Å². The lowest BCUT2D eigenvalue weighted by atomic mass is 9.68. The predicted octanol–water partition coefficient (Wildman–Crippen LogP) is 11.3. The normalized spacial score (nSPS) is 31.9. The van der Waals surface area contributed by atoms with Gasteiger partial charge in [0.05, 0.1) is 0 Å². The zero-order valence-electron chi connectivity index (χ0n) is 23.6. The highest BCUT2D eigenvalue weighted by Crippen LogP contribution is 2.43. The maximum atomic E-state index is 2.48. The van der Waals surface area contributed by atoms with Crippen LogP contribution in [-0.2, 0) is 6.42 Å². The molecule has 3 saturated carbocycles. The summed E-state index contributed by atoms with van der Waals surface area (Å²) in [7, 11) is 0. The van der Waals surface area contributed by atoms with Crippen molar-refractivity contribution in [2.45, 2.75) is 155 Å². The molecule has 0 saturated heterocycles. The molecule has 0 heterocycles. The van der Waals surface area contributed by atoms with Gasteiger partial charge in [0.2, 0.25) is 0 Å². The summed E-state index contributed by atoms with van der Waals surface area (Å²) in [6.07, 6.45) is 31.0. The smallest absolute Gasteiger partial charge is 0.0162 e. The molecule has 3 aliphatic rings. The summed E-state index contributed by atoms with van der Waals surface area (Å²) >= 11 is 0. The topological polar surface area (TPSA) is 0 Å². The van der Waals surface area contributed by atoms with Crippen molar-refractivity contribution in [3.05, 3.63) is 35.4 Å². The Kier molecular flexibility index (Phi) is 11.6. The maximum absolute atomic E-state index is 2.48. The van der Waals surface area contributed by atoms with E-state index in [9.17, 15) is 0 Å². The summed E-state index contributed by atoms with van der Waals surface area (Å²) < 4.78 is 0. The van der Waals surface area contributed by atoms with E-state index in [1.54, 1.807) is 36.8 Å². The number of rotatable bonds is 12. The molecule has 0 amide bonds. The predicted molar refractivity (Wildman–Crippen MR) is 154 cm³/mol. The molecule has 1 aromatic rings. The van der Waals surface area contributed by atoms with Crippen LogP contribution in [0.3, 0.4) is 0 Å². The first kappa shape index (κ1) is 27.3. The first-order valence-corrected chi connectivity index (χ1v) is 16.3. The lowest BCUT2D eigenvalue weighted by Gasteiger charge is -2.38. The standard InChI is InChI=1S/C35H58/c1-3-5-6-7-9-29-14-22-33(23-15-29)35-26-18-31(19-27-35)11-10-30-16-24-34(25-17-30)32-20-12-28(8-4-2)13-21-32/h16-17,24-25,28-29,31-33,35H,3-15,18-23,26-27H2,1-2H3. The van der Waals surface area contributed by atoms with Gasteiger partial charge in [-0.3, -0.25) is 0 Å². The van der Waals surface area contributed by atoms with Crippen LogP contribution in [0.4, 0.5) is 0 Å². The molecule has 0 unspecified atom stereocenters. The van der Waals surface area contributed by atoms with Crippen LogP contribution in [0.2, 0.25) is 0 Å². The molecule has 0 aromatic heterocycles. The van der Waals surface area contributed by atoms with Gasteiger partial charge in [-0.15, -0.1) is 0 Å². The maximum Gasteiger partial charge on any atom is -0.0162 e. The van der Waals surface area contributed by atoms with Crippen LogP contribution in [0.25, 0.3) is 0 Å². The molecule has 0 bridgehead atoms. The van der Waals surface area contributed by atoms with Crippen molar-refractivity contribution in [2.24, 2.45) is 29.6 Å². The zero-order valence-corrected chi connectivity index (χ0v) is 23.6. The monoisotopic (exact) mass is 478 g/mol. The second-order valence-corrected chi connectivity index (χ2v) is 13.2. The summed E-state index contributed by atoms with van der Waals surface area (Å²) in [4.78, 5) is 0. The largest absolute Gasteiger partial charge is 0.0654 e. The van der Waals surface area contributed by atoms with Crippen molar-refractivity contribution in [3.63, 3.8) is 0 Å². The molecule has 0 N–H and O–H groups in total. The molecule has 4 rings (SSSR count). The van der Waals surface area contributed by atoms with Gasteiger partial charge >= 0.3 is 0 Å². The lowest BCUT2D eigenvalue weighted by Crippen LogP contribution is -2.26. The van der Waals surface area contributed by atoms with Crippen LogP contribution in [-0.4, -0.2) is 0 Å². The van der Waals surface area contributed by atoms with Crippen LogP contribution in [0.5, 0.6) is 0 Å². The molecular formula is C35H58. The summed E-state index contributed by atoms with van der Waals surface area (Å²) in [5.41, 5.74) is 3.22. The molecule has 0 nitrogen and oxygen atoms in total. The first-order valence-electron chi connectivity index (χ1n) is 16.3. The van der Waals surface area contributed by atoms with Gasteiger partial charge in [0.25, 0.3) is 0 Å². The van der Waals surface area contributed by atoms with E-state index in [0.717, 1.165) is 35.5 Å². The zero-order chi connectivity index (χ0) is 24.3. The number of hydrogen-bond acceptors (Lipinski definition) is 0. The Morgan fingerprint density at radius 2 is 1.06 bits per heavy atom. The molecule has 0 radical (unpaired) electrons. The average molecular weight is 479 g/mol. The highest BCUT2D eigenvalue weighted by Gasteiger charge is 2.30. The van der Waals surface area contributed by atoms with E-state index < -0.39 is 0 Å². The molecule has 198 valence electrons. The van der Waals surface area contributed by atoms with Gasteiger partial charge in [0, 0.05) is 0 Å². The quantitative estimate of drug-likeness (QED) is 0.262. The minimum atomic E-state index is 0.837.